The lowest BCUT2D eigenvalue weighted by Gasteiger charge is -2.40. The molecule has 0 unspecified atom stereocenters. The first-order valence-electron chi connectivity index (χ1n) is 14.5. The van der Waals surface area contributed by atoms with Gasteiger partial charge in [0.1, 0.15) is 18.0 Å². The lowest BCUT2D eigenvalue weighted by Crippen LogP contribution is -2.49. The molecule has 44 heavy (non-hydrogen) atoms. The number of hydrogen-bond acceptors (Lipinski definition) is 8. The largest absolute Gasteiger partial charge is 0.417 e. The van der Waals surface area contributed by atoms with E-state index >= 15 is 0 Å². The molecule has 2 fully saturated rings. The first kappa shape index (κ1) is 29.6. The highest BCUT2D eigenvalue weighted by Gasteiger charge is 2.35. The highest BCUT2D eigenvalue weighted by atomic mass is 19.4. The summed E-state index contributed by atoms with van der Waals surface area (Å²) in [7, 11) is 0. The monoisotopic (exact) mass is 606 g/mol. The van der Waals surface area contributed by atoms with Crippen molar-refractivity contribution in [2.75, 3.05) is 49.6 Å². The van der Waals surface area contributed by atoms with E-state index in [0.29, 0.717) is 23.5 Å². The first-order chi connectivity index (χ1) is 21.2. The van der Waals surface area contributed by atoms with E-state index in [4.69, 9.17) is 10.5 Å². The van der Waals surface area contributed by atoms with Gasteiger partial charge >= 0.3 is 6.18 Å². The summed E-state index contributed by atoms with van der Waals surface area (Å²) in [5.74, 6) is 0.885. The van der Waals surface area contributed by atoms with Crippen molar-refractivity contribution in [3.05, 3.63) is 77.9 Å². The van der Waals surface area contributed by atoms with Crippen molar-refractivity contribution in [2.45, 2.75) is 32.0 Å². The van der Waals surface area contributed by atoms with Gasteiger partial charge in [0, 0.05) is 67.5 Å². The number of nitrogens with one attached hydrogen (secondary N) is 1. The maximum absolute atomic E-state index is 14.0. The molecule has 0 radical (unpaired) electrons. The zero-order chi connectivity index (χ0) is 30.8. The SMILES string of the molecule is Cc1ccc(-c2c(C(N)=O)cccc2C(F)(F)F)cc1Nc1nccn1-c1cc(N2CCC(N3CCOCC3)CC2)ncn1. The van der Waals surface area contributed by atoms with E-state index in [1.165, 1.54) is 18.5 Å². The number of anilines is 3. The third-order valence-corrected chi connectivity index (χ3v) is 8.28. The lowest BCUT2D eigenvalue weighted by molar-refractivity contribution is -0.137. The number of aryl methyl sites for hydroxylation is 1. The van der Waals surface area contributed by atoms with Crippen LogP contribution in [0.25, 0.3) is 16.9 Å². The first-order valence-corrected chi connectivity index (χ1v) is 14.5. The quantitative estimate of drug-likeness (QED) is 0.309. The number of primary amides is 1. The molecule has 2 aliphatic heterocycles. The Kier molecular flexibility index (Phi) is 8.23. The summed E-state index contributed by atoms with van der Waals surface area (Å²) in [4.78, 5) is 30.3. The van der Waals surface area contributed by atoms with Gasteiger partial charge in [0.25, 0.3) is 0 Å². The summed E-state index contributed by atoms with van der Waals surface area (Å²) in [6.07, 6.45) is 2.29. The minimum absolute atomic E-state index is 0.197. The van der Waals surface area contributed by atoms with Gasteiger partial charge in [0.05, 0.1) is 18.8 Å². The van der Waals surface area contributed by atoms with Crippen LogP contribution in [-0.4, -0.2) is 75.8 Å². The van der Waals surface area contributed by atoms with E-state index < -0.39 is 17.6 Å². The Morgan fingerprint density at radius 1 is 1.00 bits per heavy atom. The van der Waals surface area contributed by atoms with E-state index in [-0.39, 0.29) is 16.7 Å². The molecule has 4 heterocycles. The standard InChI is InChI=1S/C31H33F3N8O2/c1-20-5-6-21(28-23(29(35)43)3-2-4-24(28)31(32,33)34)17-25(20)39-30-36-9-12-42(30)27-18-26(37-19-38-27)41-10-7-22(8-11-41)40-13-15-44-16-14-40/h2-6,9,12,17-19,22H,7-8,10-11,13-16H2,1H3,(H2,35,43)(H,36,39). The molecule has 2 saturated heterocycles. The number of aromatic nitrogens is 4. The third kappa shape index (κ3) is 6.10. The number of benzene rings is 2. The number of halogens is 3. The molecule has 4 aromatic rings. The number of carbonyl (C=O) groups is 1. The van der Waals surface area contributed by atoms with E-state index in [9.17, 15) is 18.0 Å². The highest BCUT2D eigenvalue weighted by Crippen LogP contribution is 2.40. The second-order valence-corrected chi connectivity index (χ2v) is 11.0. The van der Waals surface area contributed by atoms with Crippen LogP contribution in [0.15, 0.2) is 61.2 Å². The third-order valence-electron chi connectivity index (χ3n) is 8.28. The molecular weight excluding hydrogens is 573 g/mol. The lowest BCUT2D eigenvalue weighted by atomic mass is 9.92. The molecule has 6 rings (SSSR count). The minimum atomic E-state index is -4.68. The van der Waals surface area contributed by atoms with Crippen LogP contribution in [0.5, 0.6) is 0 Å². The number of amides is 1. The van der Waals surface area contributed by atoms with E-state index in [0.717, 1.165) is 69.7 Å². The van der Waals surface area contributed by atoms with Crippen molar-refractivity contribution in [1.82, 2.24) is 24.4 Å². The van der Waals surface area contributed by atoms with Crippen molar-refractivity contribution in [1.29, 1.82) is 0 Å². The second kappa shape index (κ2) is 12.2. The molecular formula is C31H33F3N8O2. The minimum Gasteiger partial charge on any atom is -0.379 e. The van der Waals surface area contributed by atoms with Gasteiger partial charge in [-0.15, -0.1) is 0 Å². The zero-order valence-electron chi connectivity index (χ0n) is 24.2. The molecule has 230 valence electrons. The Labute approximate surface area is 252 Å². The zero-order valence-corrected chi connectivity index (χ0v) is 24.2. The molecule has 2 aliphatic rings. The van der Waals surface area contributed by atoms with E-state index in [2.05, 4.69) is 30.1 Å². The smallest absolute Gasteiger partial charge is 0.379 e. The van der Waals surface area contributed by atoms with Crippen LogP contribution in [0.4, 0.5) is 30.6 Å². The van der Waals surface area contributed by atoms with Crippen LogP contribution in [-0.2, 0) is 10.9 Å². The van der Waals surface area contributed by atoms with Gasteiger partial charge in [0.2, 0.25) is 11.9 Å². The van der Waals surface area contributed by atoms with Gasteiger partial charge in [-0.3, -0.25) is 14.3 Å². The van der Waals surface area contributed by atoms with Gasteiger partial charge in [-0.05, 0) is 49.1 Å². The fourth-order valence-corrected chi connectivity index (χ4v) is 5.96. The molecule has 1 amide bonds. The van der Waals surface area contributed by atoms with Gasteiger partial charge in [-0.2, -0.15) is 13.2 Å². The highest BCUT2D eigenvalue weighted by molar-refractivity contribution is 6.01. The van der Waals surface area contributed by atoms with Crippen molar-refractivity contribution in [3.8, 4) is 16.9 Å². The summed E-state index contributed by atoms with van der Waals surface area (Å²) in [6.45, 7) is 7.11. The number of imidazole rings is 1. The number of nitrogens with two attached hydrogens (primary N) is 1. The summed E-state index contributed by atoms with van der Waals surface area (Å²) >= 11 is 0. The fourth-order valence-electron chi connectivity index (χ4n) is 5.96. The number of piperidine rings is 1. The van der Waals surface area contributed by atoms with Crippen molar-refractivity contribution in [2.24, 2.45) is 5.73 Å². The van der Waals surface area contributed by atoms with Crippen molar-refractivity contribution in [3.63, 3.8) is 0 Å². The molecule has 2 aromatic heterocycles. The van der Waals surface area contributed by atoms with E-state index in [1.54, 1.807) is 35.2 Å². The number of morpholine rings is 1. The number of alkyl halides is 3. The molecule has 0 aliphatic carbocycles. The van der Waals surface area contributed by atoms with Crippen LogP contribution in [0.2, 0.25) is 0 Å². The Morgan fingerprint density at radius 2 is 1.75 bits per heavy atom. The van der Waals surface area contributed by atoms with Crippen LogP contribution >= 0.6 is 0 Å². The molecule has 0 bridgehead atoms. The molecule has 0 spiro atoms. The summed E-state index contributed by atoms with van der Waals surface area (Å²) in [5.41, 5.74) is 5.54. The molecule has 2 aromatic carbocycles. The molecule has 0 saturated carbocycles. The van der Waals surface area contributed by atoms with E-state index in [1.807, 2.05) is 13.0 Å². The Hall–Kier alpha value is -4.49. The van der Waals surface area contributed by atoms with Crippen LogP contribution in [0.3, 0.4) is 0 Å². The predicted molar refractivity (Wildman–Crippen MR) is 160 cm³/mol. The number of nitrogens with zero attached hydrogens (tertiary/aromatic N) is 6. The molecule has 10 nitrogen and oxygen atoms in total. The number of ether oxygens (including phenoxy) is 1. The van der Waals surface area contributed by atoms with Gasteiger partial charge < -0.3 is 20.7 Å². The predicted octanol–water partition coefficient (Wildman–Crippen LogP) is 4.80. The maximum atomic E-state index is 14.0. The van der Waals surface area contributed by atoms with Crippen molar-refractivity contribution < 1.29 is 22.7 Å². The molecule has 13 heteroatoms. The Bertz CT molecular complexity index is 1640. The van der Waals surface area contributed by atoms with Crippen molar-refractivity contribution >= 4 is 23.4 Å². The van der Waals surface area contributed by atoms with Gasteiger partial charge in [-0.1, -0.05) is 18.2 Å². The average Bonchev–Trinajstić information content (AvgIpc) is 3.50. The number of hydrogen-bond donors (Lipinski definition) is 2. The van der Waals surface area contributed by atoms with Gasteiger partial charge in [0.15, 0.2) is 0 Å². The molecule has 0 atom stereocenters. The number of carbonyl (C=O) groups excluding carboxylic acids is 1. The molecule has 3 N–H and O–H groups in total. The average molecular weight is 607 g/mol. The number of rotatable bonds is 7. The topological polar surface area (TPSA) is 114 Å². The summed E-state index contributed by atoms with van der Waals surface area (Å²) in [5, 5.41) is 3.24. The van der Waals surface area contributed by atoms with Crippen LogP contribution < -0.4 is 16.0 Å². The Morgan fingerprint density at radius 3 is 2.48 bits per heavy atom. The fraction of sp³-hybridized carbons (Fsp3) is 0.355. The maximum Gasteiger partial charge on any atom is 0.417 e. The Balaban J connectivity index is 1.25. The van der Waals surface area contributed by atoms with Gasteiger partial charge in [-0.25, -0.2) is 15.0 Å². The normalized spacial score (nSPS) is 16.7. The van der Waals surface area contributed by atoms with Crippen LogP contribution in [0.1, 0.15) is 34.3 Å². The summed E-state index contributed by atoms with van der Waals surface area (Å²) in [6, 6.07) is 10.7. The second-order valence-electron chi connectivity index (χ2n) is 11.0. The summed E-state index contributed by atoms with van der Waals surface area (Å²) < 4.78 is 49.2. The van der Waals surface area contributed by atoms with Crippen LogP contribution in [0, 0.1) is 6.92 Å².